The maximum Gasteiger partial charge on any atom is 0.255 e. The number of hydrogen-bond acceptors (Lipinski definition) is 3. The summed E-state index contributed by atoms with van der Waals surface area (Å²) in [6, 6.07) is 1.38. The molecule has 0 aliphatic rings. The zero-order chi connectivity index (χ0) is 12.7. The summed E-state index contributed by atoms with van der Waals surface area (Å²) in [5, 5.41) is 10.6. The molecule has 1 heterocycles. The zero-order valence-electron chi connectivity index (χ0n) is 8.78. The molecule has 0 aromatic carbocycles. The molecule has 0 saturated carbocycles. The van der Waals surface area contributed by atoms with E-state index < -0.39 is 18.9 Å². The molecule has 0 atom stereocenters. The molecule has 6 heteroatoms. The molecule has 0 radical (unpaired) electrons. The van der Waals surface area contributed by atoms with Crippen LogP contribution in [0.5, 0.6) is 0 Å². The van der Waals surface area contributed by atoms with Crippen molar-refractivity contribution < 1.29 is 18.7 Å². The number of carbonyl (C=O) groups is 1. The van der Waals surface area contributed by atoms with E-state index in [1.807, 2.05) is 0 Å². The molecule has 0 fully saturated rings. The van der Waals surface area contributed by atoms with Gasteiger partial charge in [-0.05, 0) is 6.07 Å². The van der Waals surface area contributed by atoms with E-state index in [-0.39, 0.29) is 17.7 Å². The first-order valence-electron chi connectivity index (χ1n) is 4.75. The number of aliphatic hydroxyl groups excluding tert-OH is 1. The van der Waals surface area contributed by atoms with Crippen molar-refractivity contribution in [3.63, 3.8) is 0 Å². The summed E-state index contributed by atoms with van der Waals surface area (Å²) < 4.78 is 23.9. The Bertz CT molecular complexity index is 452. The summed E-state index contributed by atoms with van der Waals surface area (Å²) in [5.74, 6) is 4.24. The van der Waals surface area contributed by atoms with Gasteiger partial charge in [-0.25, -0.2) is 8.78 Å². The largest absolute Gasteiger partial charge is 0.384 e. The SMILES string of the molecule is O=C(NCC(F)F)c1ccncc1C#CCO. The average molecular weight is 240 g/mol. The topological polar surface area (TPSA) is 62.2 Å². The van der Waals surface area contributed by atoms with E-state index >= 15 is 0 Å². The Kier molecular flexibility index (Phi) is 5.04. The Labute approximate surface area is 96.7 Å². The van der Waals surface area contributed by atoms with E-state index in [1.54, 1.807) is 0 Å². The van der Waals surface area contributed by atoms with Gasteiger partial charge in [0, 0.05) is 12.4 Å². The van der Waals surface area contributed by atoms with Crippen molar-refractivity contribution in [2.75, 3.05) is 13.2 Å². The minimum Gasteiger partial charge on any atom is -0.384 e. The van der Waals surface area contributed by atoms with Gasteiger partial charge in [0.1, 0.15) is 6.61 Å². The van der Waals surface area contributed by atoms with Gasteiger partial charge in [0.2, 0.25) is 0 Å². The fourth-order valence-corrected chi connectivity index (χ4v) is 1.09. The predicted molar refractivity (Wildman–Crippen MR) is 56.5 cm³/mol. The lowest BCUT2D eigenvalue weighted by atomic mass is 10.1. The molecule has 0 aliphatic carbocycles. The first-order valence-corrected chi connectivity index (χ1v) is 4.75. The lowest BCUT2D eigenvalue weighted by molar-refractivity contribution is 0.0891. The molecule has 0 aliphatic heterocycles. The third-order valence-electron chi connectivity index (χ3n) is 1.78. The second-order valence-electron chi connectivity index (χ2n) is 2.98. The fourth-order valence-electron chi connectivity index (χ4n) is 1.09. The number of aromatic nitrogens is 1. The van der Waals surface area contributed by atoms with Gasteiger partial charge >= 0.3 is 0 Å². The number of aliphatic hydroxyl groups is 1. The fraction of sp³-hybridized carbons (Fsp3) is 0.273. The molecule has 4 nitrogen and oxygen atoms in total. The minimum absolute atomic E-state index is 0.154. The van der Waals surface area contributed by atoms with Gasteiger partial charge in [-0.15, -0.1) is 0 Å². The van der Waals surface area contributed by atoms with Crippen LogP contribution >= 0.6 is 0 Å². The highest BCUT2D eigenvalue weighted by Gasteiger charge is 2.11. The number of pyridine rings is 1. The van der Waals surface area contributed by atoms with E-state index in [1.165, 1.54) is 18.5 Å². The Morgan fingerprint density at radius 3 is 3.00 bits per heavy atom. The van der Waals surface area contributed by atoms with Crippen LogP contribution in [0.15, 0.2) is 18.5 Å². The molecule has 1 aromatic heterocycles. The van der Waals surface area contributed by atoms with E-state index in [9.17, 15) is 13.6 Å². The molecule has 17 heavy (non-hydrogen) atoms. The Balaban J connectivity index is 2.85. The summed E-state index contributed by atoms with van der Waals surface area (Å²) >= 11 is 0. The third-order valence-corrected chi connectivity index (χ3v) is 1.78. The van der Waals surface area contributed by atoms with Crippen LogP contribution in [0.4, 0.5) is 8.78 Å². The van der Waals surface area contributed by atoms with Crippen LogP contribution in [-0.2, 0) is 0 Å². The van der Waals surface area contributed by atoms with Crippen molar-refractivity contribution in [1.29, 1.82) is 0 Å². The maximum atomic E-state index is 11.9. The number of nitrogens with zero attached hydrogens (tertiary/aromatic N) is 1. The summed E-state index contributed by atoms with van der Waals surface area (Å²) in [5.41, 5.74) is 0.440. The molecule has 1 aromatic rings. The van der Waals surface area contributed by atoms with Gasteiger partial charge in [-0.3, -0.25) is 9.78 Å². The maximum absolute atomic E-state index is 11.9. The van der Waals surface area contributed by atoms with Gasteiger partial charge < -0.3 is 10.4 Å². The summed E-state index contributed by atoms with van der Waals surface area (Å²) in [7, 11) is 0. The first kappa shape index (κ1) is 13.1. The van der Waals surface area contributed by atoms with Crippen LogP contribution < -0.4 is 5.32 Å². The molecular weight excluding hydrogens is 230 g/mol. The Morgan fingerprint density at radius 1 is 1.59 bits per heavy atom. The minimum atomic E-state index is -2.60. The van der Waals surface area contributed by atoms with Crippen molar-refractivity contribution in [2.24, 2.45) is 0 Å². The van der Waals surface area contributed by atoms with Crippen molar-refractivity contribution in [2.45, 2.75) is 6.43 Å². The summed E-state index contributed by atoms with van der Waals surface area (Å²) in [4.78, 5) is 15.3. The molecule has 2 N–H and O–H groups in total. The molecule has 0 saturated heterocycles. The van der Waals surface area contributed by atoms with Crippen molar-refractivity contribution in [3.8, 4) is 11.8 Å². The molecule has 0 unspecified atom stereocenters. The van der Waals surface area contributed by atoms with E-state index in [4.69, 9.17) is 5.11 Å². The van der Waals surface area contributed by atoms with E-state index in [2.05, 4.69) is 22.1 Å². The zero-order valence-corrected chi connectivity index (χ0v) is 8.78. The second kappa shape index (κ2) is 6.55. The standard InChI is InChI=1S/C11H10F2N2O2/c12-10(13)7-15-11(17)9-3-4-14-6-8(9)2-1-5-16/h3-4,6,10,16H,5,7H2,(H,15,17). The molecule has 0 bridgehead atoms. The highest BCUT2D eigenvalue weighted by atomic mass is 19.3. The quantitative estimate of drug-likeness (QED) is 0.753. The van der Waals surface area contributed by atoms with Gasteiger partial charge in [0.25, 0.3) is 12.3 Å². The number of hydrogen-bond donors (Lipinski definition) is 2. The number of nitrogens with one attached hydrogen (secondary N) is 1. The summed E-state index contributed by atoms with van der Waals surface area (Å²) in [6.45, 7) is -1.07. The van der Waals surface area contributed by atoms with Gasteiger partial charge in [0.15, 0.2) is 0 Å². The van der Waals surface area contributed by atoms with Crippen LogP contribution in [0.2, 0.25) is 0 Å². The molecule has 90 valence electrons. The van der Waals surface area contributed by atoms with Crippen LogP contribution in [0.3, 0.4) is 0 Å². The van der Waals surface area contributed by atoms with Crippen molar-refractivity contribution in [1.82, 2.24) is 10.3 Å². The van der Waals surface area contributed by atoms with Crippen LogP contribution in [0.25, 0.3) is 0 Å². The number of halogens is 2. The van der Waals surface area contributed by atoms with Crippen LogP contribution in [0, 0.1) is 11.8 Å². The molecule has 1 rings (SSSR count). The number of rotatable bonds is 3. The number of amides is 1. The predicted octanol–water partition coefficient (Wildman–Crippen LogP) is 0.420. The highest BCUT2D eigenvalue weighted by molar-refractivity contribution is 5.96. The molecular formula is C11H10F2N2O2. The number of alkyl halides is 2. The van der Waals surface area contributed by atoms with Gasteiger partial charge in [-0.2, -0.15) is 0 Å². The van der Waals surface area contributed by atoms with Gasteiger partial charge in [0.05, 0.1) is 17.7 Å². The van der Waals surface area contributed by atoms with E-state index in [0.29, 0.717) is 0 Å². The molecule has 1 amide bonds. The normalized spacial score (nSPS) is 9.65. The summed E-state index contributed by atoms with van der Waals surface area (Å²) in [6.07, 6.45) is 0.0919. The lowest BCUT2D eigenvalue weighted by Crippen LogP contribution is -2.29. The Morgan fingerprint density at radius 2 is 2.35 bits per heavy atom. The number of carbonyl (C=O) groups excluding carboxylic acids is 1. The lowest BCUT2D eigenvalue weighted by Gasteiger charge is -2.05. The van der Waals surface area contributed by atoms with Crippen molar-refractivity contribution >= 4 is 5.91 Å². The Hall–Kier alpha value is -2.00. The van der Waals surface area contributed by atoms with E-state index in [0.717, 1.165) is 0 Å². The second-order valence-corrected chi connectivity index (χ2v) is 2.98. The smallest absolute Gasteiger partial charge is 0.255 e. The van der Waals surface area contributed by atoms with Crippen LogP contribution in [0.1, 0.15) is 15.9 Å². The average Bonchev–Trinajstić information content (AvgIpc) is 2.33. The molecule has 0 spiro atoms. The first-order chi connectivity index (χ1) is 8.15. The van der Waals surface area contributed by atoms with Gasteiger partial charge in [-0.1, -0.05) is 11.8 Å². The van der Waals surface area contributed by atoms with Crippen LogP contribution in [-0.4, -0.2) is 35.6 Å². The van der Waals surface area contributed by atoms with Crippen molar-refractivity contribution in [3.05, 3.63) is 29.6 Å². The highest BCUT2D eigenvalue weighted by Crippen LogP contribution is 2.05. The monoisotopic (exact) mass is 240 g/mol. The third kappa shape index (κ3) is 4.17.